The summed E-state index contributed by atoms with van der Waals surface area (Å²) >= 11 is 2.35. The van der Waals surface area contributed by atoms with Gasteiger partial charge in [0.1, 0.15) is 5.75 Å². The lowest BCUT2D eigenvalue weighted by atomic mass is 10.2. The van der Waals surface area contributed by atoms with E-state index in [1.54, 1.807) is 6.07 Å². The van der Waals surface area contributed by atoms with E-state index < -0.39 is 0 Å². The van der Waals surface area contributed by atoms with Crippen molar-refractivity contribution in [2.75, 3.05) is 0 Å². The van der Waals surface area contributed by atoms with Crippen LogP contribution in [0.25, 0.3) is 0 Å². The van der Waals surface area contributed by atoms with Crippen LogP contribution in [-0.2, 0) is 6.61 Å². The number of aliphatic hydroxyl groups excluding tert-OH is 1. The van der Waals surface area contributed by atoms with Crippen LogP contribution in [0.4, 0.5) is 0 Å². The Balaban J connectivity index is 3.05. The normalized spacial score (nSPS) is 12.8. The first-order chi connectivity index (χ1) is 5.65. The molecule has 0 amide bonds. The Morgan fingerprint density at radius 3 is 2.67 bits per heavy atom. The van der Waals surface area contributed by atoms with E-state index in [2.05, 4.69) is 29.6 Å². The second-order valence-corrected chi connectivity index (χ2v) is 8.26. The number of hydrogen-bond acceptors (Lipinski definition) is 2. The first kappa shape index (κ1) is 10.3. The third-order valence-corrected chi connectivity index (χ3v) is 4.25. The molecule has 0 aliphatic heterocycles. The highest BCUT2D eigenvalue weighted by molar-refractivity contribution is 14.2. The fourth-order valence-electron chi connectivity index (χ4n) is 0.890. The largest absolute Gasteiger partial charge is 0.508 e. The molecule has 64 valence electrons. The number of rotatable bonds is 2. The molecule has 12 heavy (non-hydrogen) atoms. The predicted octanol–water partition coefficient (Wildman–Crippen LogP) is 0.890. The van der Waals surface area contributed by atoms with Crippen LogP contribution in [0.3, 0.4) is 0 Å². The molecular formula is C7H9BIO2P. The van der Waals surface area contributed by atoms with Crippen molar-refractivity contribution in [2.24, 2.45) is 0 Å². The Kier molecular flexibility index (Phi) is 3.81. The Bertz CT molecular complexity index is 280. The number of benzene rings is 1. The molecule has 5 heteroatoms. The summed E-state index contributed by atoms with van der Waals surface area (Å²) in [6, 6.07) is 5.39. The fraction of sp³-hybridized carbons (Fsp3) is 0.143. The highest BCUT2D eigenvalue weighted by atomic mass is 127. The Hall–Kier alpha value is 0.205. The van der Waals surface area contributed by atoms with E-state index in [-0.39, 0.29) is 17.8 Å². The summed E-state index contributed by atoms with van der Waals surface area (Å²) < 4.78 is 0. The molecular weight excluding hydrogens is 285 g/mol. The van der Waals surface area contributed by atoms with Gasteiger partial charge in [-0.15, -0.1) is 0 Å². The molecule has 0 aromatic heterocycles. The molecule has 0 aliphatic carbocycles. The third kappa shape index (κ3) is 2.34. The molecule has 0 radical (unpaired) electrons. The van der Waals surface area contributed by atoms with Gasteiger partial charge < -0.3 is 10.2 Å². The molecule has 2 N–H and O–H groups in total. The molecule has 1 rings (SSSR count). The minimum absolute atomic E-state index is 0.0977. The van der Waals surface area contributed by atoms with Crippen molar-refractivity contribution < 1.29 is 10.2 Å². The standard InChI is InChI=1S/C7H9BIO2P/c8-12(9)6-1-2-7(11)5(3-6)4-10/h1-3,10-11H,4,8H2. The third-order valence-electron chi connectivity index (χ3n) is 1.59. The maximum atomic E-state index is 9.26. The summed E-state index contributed by atoms with van der Waals surface area (Å²) in [7, 11) is 2.13. The zero-order valence-corrected chi connectivity index (χ0v) is 9.71. The molecule has 1 atom stereocenters. The number of hydrogen-bond donors (Lipinski definition) is 2. The molecule has 2 nitrogen and oxygen atoms in total. The monoisotopic (exact) mass is 294 g/mol. The minimum Gasteiger partial charge on any atom is -0.508 e. The van der Waals surface area contributed by atoms with E-state index in [0.717, 1.165) is 0 Å². The maximum absolute atomic E-state index is 9.26. The number of phenols is 1. The van der Waals surface area contributed by atoms with Crippen LogP contribution in [0.2, 0.25) is 0 Å². The van der Waals surface area contributed by atoms with Gasteiger partial charge >= 0.3 is 0 Å². The smallest absolute Gasteiger partial charge is 0.152 e. The summed E-state index contributed by atoms with van der Waals surface area (Å²) in [6.45, 7) is -0.0977. The van der Waals surface area contributed by atoms with Gasteiger partial charge in [0.05, 0.1) is 6.61 Å². The first-order valence-corrected chi connectivity index (χ1v) is 8.05. The lowest BCUT2D eigenvalue weighted by Crippen LogP contribution is -1.99. The highest BCUT2D eigenvalue weighted by Gasteiger charge is 2.04. The van der Waals surface area contributed by atoms with Gasteiger partial charge in [-0.2, -0.15) is 0 Å². The van der Waals surface area contributed by atoms with Gasteiger partial charge in [-0.05, 0) is 17.4 Å². The lowest BCUT2D eigenvalue weighted by Gasteiger charge is -2.07. The Morgan fingerprint density at radius 1 is 1.50 bits per heavy atom. The van der Waals surface area contributed by atoms with Crippen molar-refractivity contribution in [1.29, 1.82) is 0 Å². The summed E-state index contributed by atoms with van der Waals surface area (Å²) in [6.07, 6.45) is 0. The second-order valence-electron chi connectivity index (χ2n) is 2.45. The minimum atomic E-state index is -0.182. The van der Waals surface area contributed by atoms with Crippen molar-refractivity contribution in [2.45, 2.75) is 6.61 Å². The molecule has 1 unspecified atom stereocenters. The zero-order valence-electron chi connectivity index (χ0n) is 6.66. The molecule has 0 heterocycles. The van der Waals surface area contributed by atoms with Gasteiger partial charge in [-0.25, -0.2) is 0 Å². The average Bonchev–Trinajstić information content (AvgIpc) is 2.05. The molecule has 0 fully saturated rings. The van der Waals surface area contributed by atoms with Crippen molar-refractivity contribution >= 4 is 40.4 Å². The van der Waals surface area contributed by atoms with Crippen molar-refractivity contribution in [3.05, 3.63) is 23.8 Å². The van der Waals surface area contributed by atoms with Gasteiger partial charge in [-0.1, -0.05) is 33.5 Å². The van der Waals surface area contributed by atoms with E-state index in [9.17, 15) is 5.11 Å². The molecule has 0 saturated carbocycles. The van der Waals surface area contributed by atoms with Crippen LogP contribution >= 0.6 is 27.5 Å². The van der Waals surface area contributed by atoms with Gasteiger partial charge in [-0.3, -0.25) is 0 Å². The van der Waals surface area contributed by atoms with Gasteiger partial charge in [0.25, 0.3) is 0 Å². The molecule has 0 saturated heterocycles. The van der Waals surface area contributed by atoms with Crippen molar-refractivity contribution in [3.8, 4) is 5.75 Å². The highest BCUT2D eigenvalue weighted by Crippen LogP contribution is 2.38. The summed E-state index contributed by atoms with van der Waals surface area (Å²) in [5.41, 5.74) is 0.428. The number of aliphatic hydroxyl groups is 1. The van der Waals surface area contributed by atoms with Gasteiger partial charge in [0.2, 0.25) is 0 Å². The first-order valence-electron chi connectivity index (χ1n) is 3.47. The summed E-state index contributed by atoms with van der Waals surface area (Å²) in [5, 5.41) is 19.3. The molecule has 1 aromatic rings. The van der Waals surface area contributed by atoms with Crippen LogP contribution < -0.4 is 5.30 Å². The van der Waals surface area contributed by atoms with Crippen LogP contribution in [0.15, 0.2) is 18.2 Å². The van der Waals surface area contributed by atoms with E-state index in [0.29, 0.717) is 5.56 Å². The SMILES string of the molecule is BP(I)c1ccc(O)c(CO)c1. The zero-order chi connectivity index (χ0) is 9.14. The van der Waals surface area contributed by atoms with E-state index in [1.165, 1.54) is 5.30 Å². The quantitative estimate of drug-likeness (QED) is 0.483. The van der Waals surface area contributed by atoms with Crippen LogP contribution in [-0.4, -0.2) is 17.8 Å². The predicted molar refractivity (Wildman–Crippen MR) is 63.1 cm³/mol. The van der Waals surface area contributed by atoms with E-state index >= 15 is 0 Å². The summed E-state index contributed by atoms with van der Waals surface area (Å²) in [5.74, 6) is 0.175. The second kappa shape index (κ2) is 4.44. The van der Waals surface area contributed by atoms with Crippen molar-refractivity contribution in [1.82, 2.24) is 0 Å². The number of halogens is 1. The molecule has 0 bridgehead atoms. The van der Waals surface area contributed by atoms with Crippen LogP contribution in [0.1, 0.15) is 5.56 Å². The average molecular weight is 294 g/mol. The van der Waals surface area contributed by atoms with Gasteiger partial charge in [0, 0.05) is 5.56 Å². The lowest BCUT2D eigenvalue weighted by molar-refractivity contribution is 0.275. The number of aromatic hydroxyl groups is 1. The Morgan fingerprint density at radius 2 is 2.17 bits per heavy atom. The molecule has 0 aliphatic rings. The maximum Gasteiger partial charge on any atom is 0.152 e. The fourth-order valence-corrected chi connectivity index (χ4v) is 2.40. The topological polar surface area (TPSA) is 40.5 Å². The van der Waals surface area contributed by atoms with Crippen LogP contribution in [0.5, 0.6) is 5.75 Å². The van der Waals surface area contributed by atoms with E-state index in [4.69, 9.17) is 5.11 Å². The molecule has 1 aromatic carbocycles. The van der Waals surface area contributed by atoms with E-state index in [1.807, 2.05) is 12.1 Å². The molecule has 0 spiro atoms. The van der Waals surface area contributed by atoms with Crippen molar-refractivity contribution in [3.63, 3.8) is 0 Å². The van der Waals surface area contributed by atoms with Crippen LogP contribution in [0, 0.1) is 0 Å². The van der Waals surface area contributed by atoms with Gasteiger partial charge in [0.15, 0.2) is 7.57 Å². The Labute approximate surface area is 86.6 Å². The summed E-state index contributed by atoms with van der Waals surface area (Å²) in [4.78, 5) is 0.